The average Bonchev–Trinajstić information content (AvgIpc) is 3.25. The molecule has 0 N–H and O–H groups in total. The van der Waals surface area contributed by atoms with Gasteiger partial charge in [-0.05, 0) is 57.3 Å². The minimum Gasteiger partial charge on any atom is -0.455 e. The Balaban J connectivity index is 1.20. The molecule has 252 valence electrons. The lowest BCUT2D eigenvalue weighted by Gasteiger charge is -2.42. The first-order valence-electron chi connectivity index (χ1n) is 18.4. The van der Waals surface area contributed by atoms with Crippen LogP contribution in [0.5, 0.6) is 11.5 Å². The molecule has 0 unspecified atom stereocenters. The van der Waals surface area contributed by atoms with Gasteiger partial charge in [-0.25, -0.2) is 4.98 Å². The molecule has 3 heterocycles. The molecule has 3 nitrogen and oxygen atoms in total. The molecule has 0 atom stereocenters. The molecular formula is C51H32N2O. The second kappa shape index (κ2) is 12.0. The predicted molar refractivity (Wildman–Crippen MR) is 221 cm³/mol. The van der Waals surface area contributed by atoms with E-state index in [9.17, 15) is 0 Å². The van der Waals surface area contributed by atoms with E-state index in [4.69, 9.17) is 14.7 Å². The first-order valence-corrected chi connectivity index (χ1v) is 18.4. The summed E-state index contributed by atoms with van der Waals surface area (Å²) in [5.41, 5.74) is 10.00. The van der Waals surface area contributed by atoms with Gasteiger partial charge >= 0.3 is 0 Å². The van der Waals surface area contributed by atoms with Crippen LogP contribution in [0.3, 0.4) is 0 Å². The maximum atomic E-state index is 7.25. The summed E-state index contributed by atoms with van der Waals surface area (Å²) >= 11 is 0. The van der Waals surface area contributed by atoms with Crippen molar-refractivity contribution >= 4 is 43.4 Å². The Morgan fingerprint density at radius 2 is 1.02 bits per heavy atom. The second-order valence-corrected chi connectivity index (χ2v) is 14.1. The number of fused-ring (bicyclic) bond motifs is 9. The summed E-state index contributed by atoms with van der Waals surface area (Å²) in [6.45, 7) is 0. The van der Waals surface area contributed by atoms with Gasteiger partial charge in [0, 0.05) is 44.4 Å². The first-order chi connectivity index (χ1) is 26.8. The number of pyridine rings is 2. The van der Waals surface area contributed by atoms with Crippen molar-refractivity contribution in [2.75, 3.05) is 0 Å². The Morgan fingerprint density at radius 3 is 1.81 bits per heavy atom. The molecule has 8 aromatic carbocycles. The molecule has 0 saturated heterocycles. The lowest BCUT2D eigenvalue weighted by molar-refractivity contribution is 0.445. The Morgan fingerprint density at radius 1 is 0.407 bits per heavy atom. The fraction of sp³-hybridized carbons (Fsp3) is 0.0196. The molecule has 0 saturated carbocycles. The van der Waals surface area contributed by atoms with Gasteiger partial charge in [0.2, 0.25) is 0 Å². The Bertz CT molecular complexity index is 3040. The topological polar surface area (TPSA) is 35.0 Å². The average molecular weight is 689 g/mol. The van der Waals surface area contributed by atoms with E-state index >= 15 is 0 Å². The highest BCUT2D eigenvalue weighted by molar-refractivity contribution is 6.05. The van der Waals surface area contributed by atoms with Crippen molar-refractivity contribution in [1.29, 1.82) is 0 Å². The molecule has 0 fully saturated rings. The smallest absolute Gasteiger partial charge is 0.140 e. The summed E-state index contributed by atoms with van der Waals surface area (Å²) in [4.78, 5) is 9.92. The van der Waals surface area contributed by atoms with E-state index < -0.39 is 5.41 Å². The second-order valence-electron chi connectivity index (χ2n) is 14.1. The summed E-state index contributed by atoms with van der Waals surface area (Å²) in [6, 6.07) is 67.3. The van der Waals surface area contributed by atoms with Crippen LogP contribution in [-0.2, 0) is 5.41 Å². The highest BCUT2D eigenvalue weighted by Crippen LogP contribution is 2.59. The lowest BCUT2D eigenvalue weighted by Crippen LogP contribution is -2.34. The standard InChI is InChI=1S/C51H32N2O/c1-3-17-38(18-4-1)51(39-19-5-2-6-20-39)44-28-26-33-13-7-8-21-40(33)49(44)54-50-42-23-10-9-22-41(42)43(32-45(50)51)36-14-11-15-37(31-36)46-29-27-35-25-24-34-16-12-30-52-47(34)48(35)53-46/h1-32H. The molecule has 0 aliphatic carbocycles. The van der Waals surface area contributed by atoms with Crippen molar-refractivity contribution in [2.45, 2.75) is 5.41 Å². The van der Waals surface area contributed by atoms with Gasteiger partial charge in [-0.3, -0.25) is 4.98 Å². The summed E-state index contributed by atoms with van der Waals surface area (Å²) in [5.74, 6) is 1.79. The number of aromatic nitrogens is 2. The molecule has 3 heteroatoms. The summed E-state index contributed by atoms with van der Waals surface area (Å²) in [6.07, 6.45) is 1.84. The van der Waals surface area contributed by atoms with Gasteiger partial charge in [0.1, 0.15) is 11.5 Å². The van der Waals surface area contributed by atoms with Crippen LogP contribution in [0.4, 0.5) is 0 Å². The van der Waals surface area contributed by atoms with E-state index in [1.54, 1.807) is 0 Å². The molecule has 0 spiro atoms. The van der Waals surface area contributed by atoms with Crippen LogP contribution in [0.15, 0.2) is 194 Å². The Hall–Kier alpha value is -7.10. The molecule has 0 radical (unpaired) electrons. The quantitative estimate of drug-likeness (QED) is 0.173. The Kier molecular flexibility index (Phi) is 6.77. The number of rotatable bonds is 4. The fourth-order valence-electron chi connectivity index (χ4n) is 8.77. The van der Waals surface area contributed by atoms with Gasteiger partial charge in [-0.2, -0.15) is 0 Å². The third-order valence-corrected chi connectivity index (χ3v) is 11.2. The Labute approximate surface area is 312 Å². The van der Waals surface area contributed by atoms with Crippen LogP contribution in [0.2, 0.25) is 0 Å². The van der Waals surface area contributed by atoms with Crippen LogP contribution in [0.1, 0.15) is 22.3 Å². The summed E-state index contributed by atoms with van der Waals surface area (Å²) in [7, 11) is 0. The molecule has 0 bridgehead atoms. The molecule has 2 aromatic heterocycles. The normalized spacial score (nSPS) is 13.1. The third kappa shape index (κ3) is 4.49. The first kappa shape index (κ1) is 30.5. The zero-order chi connectivity index (χ0) is 35.6. The number of nitrogens with zero attached hydrogens (tertiary/aromatic N) is 2. The van der Waals surface area contributed by atoms with Gasteiger partial charge in [0.15, 0.2) is 0 Å². The summed E-state index contributed by atoms with van der Waals surface area (Å²) in [5, 5.41) is 6.62. The van der Waals surface area contributed by atoms with Crippen LogP contribution in [0, 0.1) is 0 Å². The van der Waals surface area contributed by atoms with Crippen molar-refractivity contribution in [3.05, 3.63) is 217 Å². The van der Waals surface area contributed by atoms with Gasteiger partial charge in [0.25, 0.3) is 0 Å². The number of hydrogen-bond donors (Lipinski definition) is 0. The largest absolute Gasteiger partial charge is 0.455 e. The monoisotopic (exact) mass is 688 g/mol. The maximum Gasteiger partial charge on any atom is 0.140 e. The van der Waals surface area contributed by atoms with Crippen LogP contribution in [-0.4, -0.2) is 9.97 Å². The van der Waals surface area contributed by atoms with E-state index in [1.807, 2.05) is 12.3 Å². The van der Waals surface area contributed by atoms with E-state index in [2.05, 4.69) is 182 Å². The minimum atomic E-state index is -0.667. The van der Waals surface area contributed by atoms with Gasteiger partial charge < -0.3 is 4.74 Å². The lowest BCUT2D eigenvalue weighted by atomic mass is 9.62. The molecule has 54 heavy (non-hydrogen) atoms. The number of hydrogen-bond acceptors (Lipinski definition) is 3. The highest BCUT2D eigenvalue weighted by Gasteiger charge is 2.46. The number of benzene rings is 8. The van der Waals surface area contributed by atoms with E-state index in [-0.39, 0.29) is 0 Å². The molecule has 10 aromatic rings. The van der Waals surface area contributed by atoms with E-state index in [0.717, 1.165) is 88.4 Å². The van der Waals surface area contributed by atoms with E-state index in [0.29, 0.717) is 0 Å². The third-order valence-electron chi connectivity index (χ3n) is 11.2. The summed E-state index contributed by atoms with van der Waals surface area (Å²) < 4.78 is 7.25. The van der Waals surface area contributed by atoms with Crippen molar-refractivity contribution < 1.29 is 4.74 Å². The van der Waals surface area contributed by atoms with Crippen LogP contribution in [0.25, 0.3) is 65.7 Å². The van der Waals surface area contributed by atoms with Gasteiger partial charge in [0.05, 0.1) is 22.1 Å². The zero-order valence-corrected chi connectivity index (χ0v) is 29.3. The van der Waals surface area contributed by atoms with Crippen LogP contribution >= 0.6 is 0 Å². The van der Waals surface area contributed by atoms with Crippen molar-refractivity contribution in [3.8, 4) is 33.9 Å². The number of ether oxygens (including phenoxy) is 1. The van der Waals surface area contributed by atoms with Gasteiger partial charge in [-0.1, -0.05) is 164 Å². The van der Waals surface area contributed by atoms with Crippen molar-refractivity contribution in [1.82, 2.24) is 9.97 Å². The molecule has 0 amide bonds. The van der Waals surface area contributed by atoms with E-state index in [1.165, 1.54) is 11.1 Å². The SMILES string of the molecule is c1ccc(C2(c3ccccc3)c3ccc4ccccc4c3Oc3c2cc(-c2cccc(-c4ccc5ccc6cccnc6c5n4)c2)c2ccccc32)cc1. The van der Waals surface area contributed by atoms with Crippen molar-refractivity contribution in [2.24, 2.45) is 0 Å². The molecular weight excluding hydrogens is 657 g/mol. The zero-order valence-electron chi connectivity index (χ0n) is 29.3. The molecule has 1 aliphatic heterocycles. The highest BCUT2D eigenvalue weighted by atomic mass is 16.5. The fourth-order valence-corrected chi connectivity index (χ4v) is 8.77. The molecule has 11 rings (SSSR count). The molecule has 1 aliphatic rings. The maximum absolute atomic E-state index is 7.25. The van der Waals surface area contributed by atoms with Crippen molar-refractivity contribution in [3.63, 3.8) is 0 Å². The van der Waals surface area contributed by atoms with Crippen LogP contribution < -0.4 is 4.74 Å². The predicted octanol–water partition coefficient (Wildman–Crippen LogP) is 12.9. The minimum absolute atomic E-state index is 0.667. The van der Waals surface area contributed by atoms with Gasteiger partial charge in [-0.15, -0.1) is 0 Å².